The molecule has 2 heterocycles. The van der Waals surface area contributed by atoms with E-state index in [1.54, 1.807) is 19.9 Å². The summed E-state index contributed by atoms with van der Waals surface area (Å²) in [6.45, 7) is 9.01. The van der Waals surface area contributed by atoms with Crippen molar-refractivity contribution in [2.75, 3.05) is 6.61 Å². The molecular weight excluding hydrogens is 336 g/mol. The second-order valence-corrected chi connectivity index (χ2v) is 7.83. The lowest BCUT2D eigenvalue weighted by atomic mass is 9.80. The fourth-order valence-corrected chi connectivity index (χ4v) is 3.59. The van der Waals surface area contributed by atoms with Gasteiger partial charge in [-0.3, -0.25) is 14.4 Å². The molecule has 7 atom stereocenters. The largest absolute Gasteiger partial charge is 0.461 e. The van der Waals surface area contributed by atoms with E-state index in [2.05, 4.69) is 0 Å². The maximum atomic E-state index is 12.6. The van der Waals surface area contributed by atoms with Gasteiger partial charge in [0, 0.05) is 11.8 Å². The first kappa shape index (κ1) is 20.8. The molecule has 2 aliphatic heterocycles. The zero-order chi connectivity index (χ0) is 19.6. The number of esters is 1. The van der Waals surface area contributed by atoms with Gasteiger partial charge in [0.1, 0.15) is 12.0 Å². The molecule has 0 aromatic carbocycles. The summed E-state index contributed by atoms with van der Waals surface area (Å²) in [5.74, 6) is -3.22. The molecule has 6 heteroatoms. The lowest BCUT2D eigenvalue weighted by Gasteiger charge is -2.28. The summed E-state index contributed by atoms with van der Waals surface area (Å²) in [6, 6.07) is 0. The maximum absolute atomic E-state index is 12.6. The van der Waals surface area contributed by atoms with Gasteiger partial charge in [-0.05, 0) is 31.8 Å². The number of carbonyl (C=O) groups excluding carboxylic acids is 3. The van der Waals surface area contributed by atoms with Crippen LogP contribution in [0.5, 0.6) is 0 Å². The Bertz CT molecular complexity index is 591. The third kappa shape index (κ3) is 4.23. The fraction of sp³-hybridized carbons (Fsp3) is 0.750. The molecule has 0 aliphatic carbocycles. The first-order valence-corrected chi connectivity index (χ1v) is 9.41. The van der Waals surface area contributed by atoms with Crippen molar-refractivity contribution in [2.45, 2.75) is 65.3 Å². The standard InChI is InChI=1S/C20H30O6/c1-6-15-11(2)7-8-16(21)20(10-25-20)9-12(3)17(22)13(4)18(23)14(5)19(24)26-15/h7-8,11-15,17,22H,6,9-10H2,1-5H3/b8-7+/t11-,12?,13-,14-,15?,17+,20+/m1/s1. The van der Waals surface area contributed by atoms with Crippen molar-refractivity contribution in [3.63, 3.8) is 0 Å². The zero-order valence-corrected chi connectivity index (χ0v) is 16.2. The Kier molecular flexibility index (Phi) is 6.40. The molecule has 1 saturated heterocycles. The van der Waals surface area contributed by atoms with Crippen molar-refractivity contribution in [3.05, 3.63) is 12.2 Å². The van der Waals surface area contributed by atoms with E-state index in [0.717, 1.165) is 0 Å². The number of hydrogen-bond acceptors (Lipinski definition) is 6. The minimum absolute atomic E-state index is 0.144. The van der Waals surface area contributed by atoms with E-state index in [-0.39, 0.29) is 23.4 Å². The van der Waals surface area contributed by atoms with Crippen LogP contribution in [-0.4, -0.2) is 47.1 Å². The lowest BCUT2D eigenvalue weighted by molar-refractivity contribution is -0.159. The molecule has 2 rings (SSSR count). The zero-order valence-electron chi connectivity index (χ0n) is 16.2. The van der Waals surface area contributed by atoms with Crippen molar-refractivity contribution in [3.8, 4) is 0 Å². The molecule has 6 nitrogen and oxygen atoms in total. The molecule has 1 spiro atoms. The number of ether oxygens (including phenoxy) is 2. The van der Waals surface area contributed by atoms with Crippen molar-refractivity contribution in [2.24, 2.45) is 23.7 Å². The molecule has 0 bridgehead atoms. The second-order valence-electron chi connectivity index (χ2n) is 7.83. The highest BCUT2D eigenvalue weighted by atomic mass is 16.6. The maximum Gasteiger partial charge on any atom is 0.316 e. The Morgan fingerprint density at radius 2 is 1.81 bits per heavy atom. The molecule has 0 aromatic rings. The monoisotopic (exact) mass is 366 g/mol. The molecule has 0 radical (unpaired) electrons. The Hall–Kier alpha value is -1.53. The quantitative estimate of drug-likeness (QED) is 0.434. The van der Waals surface area contributed by atoms with Gasteiger partial charge in [-0.15, -0.1) is 0 Å². The van der Waals surface area contributed by atoms with Gasteiger partial charge in [-0.25, -0.2) is 0 Å². The molecule has 2 aliphatic rings. The summed E-state index contributed by atoms with van der Waals surface area (Å²) in [4.78, 5) is 37.6. The van der Waals surface area contributed by atoms with E-state index in [0.29, 0.717) is 19.4 Å². The van der Waals surface area contributed by atoms with Crippen molar-refractivity contribution in [1.29, 1.82) is 0 Å². The molecule has 146 valence electrons. The van der Waals surface area contributed by atoms with Gasteiger partial charge in [-0.1, -0.05) is 33.8 Å². The summed E-state index contributed by atoms with van der Waals surface area (Å²) in [7, 11) is 0. The van der Waals surface area contributed by atoms with Crippen molar-refractivity contribution in [1.82, 2.24) is 0 Å². The first-order valence-electron chi connectivity index (χ1n) is 9.41. The Labute approximate surface area is 154 Å². The Morgan fingerprint density at radius 3 is 2.35 bits per heavy atom. The molecule has 2 unspecified atom stereocenters. The topological polar surface area (TPSA) is 93.2 Å². The van der Waals surface area contributed by atoms with E-state index >= 15 is 0 Å². The minimum atomic E-state index is -0.959. The number of Topliss-reactive ketones (excluding diaryl/α,β-unsaturated/α-hetero) is 1. The number of carbonyl (C=O) groups is 3. The average molecular weight is 366 g/mol. The van der Waals surface area contributed by atoms with Gasteiger partial charge >= 0.3 is 5.97 Å². The molecule has 26 heavy (non-hydrogen) atoms. The highest BCUT2D eigenvalue weighted by Gasteiger charge is 2.52. The van der Waals surface area contributed by atoms with Crippen LogP contribution in [0.3, 0.4) is 0 Å². The summed E-state index contributed by atoms with van der Waals surface area (Å²) in [5, 5.41) is 10.6. The van der Waals surface area contributed by atoms with E-state index in [4.69, 9.17) is 9.47 Å². The lowest BCUT2D eigenvalue weighted by Crippen LogP contribution is -2.40. The van der Waals surface area contributed by atoms with Gasteiger partial charge < -0.3 is 14.6 Å². The fourth-order valence-electron chi connectivity index (χ4n) is 3.59. The second kappa shape index (κ2) is 8.01. The minimum Gasteiger partial charge on any atom is -0.461 e. The van der Waals surface area contributed by atoms with E-state index in [1.807, 2.05) is 13.8 Å². The number of cyclic esters (lactones) is 1. The highest BCUT2D eigenvalue weighted by molar-refractivity contribution is 6.00. The van der Waals surface area contributed by atoms with Crippen LogP contribution in [0.2, 0.25) is 0 Å². The van der Waals surface area contributed by atoms with Gasteiger partial charge in [0.2, 0.25) is 0 Å². The van der Waals surface area contributed by atoms with Gasteiger partial charge in [0.05, 0.1) is 12.7 Å². The van der Waals surface area contributed by atoms with Crippen LogP contribution in [0.15, 0.2) is 12.2 Å². The number of aliphatic hydroxyl groups excluding tert-OH is 1. The van der Waals surface area contributed by atoms with Crippen LogP contribution >= 0.6 is 0 Å². The Balaban J connectivity index is 2.33. The smallest absolute Gasteiger partial charge is 0.316 e. The van der Waals surface area contributed by atoms with Crippen LogP contribution in [-0.2, 0) is 23.9 Å². The normalized spacial score (nSPS) is 43.7. The summed E-state index contributed by atoms with van der Waals surface area (Å²) in [5.41, 5.74) is -0.895. The highest BCUT2D eigenvalue weighted by Crippen LogP contribution is 2.38. The van der Waals surface area contributed by atoms with Crippen LogP contribution in [0.4, 0.5) is 0 Å². The first-order chi connectivity index (χ1) is 12.1. The van der Waals surface area contributed by atoms with Crippen LogP contribution in [0.1, 0.15) is 47.5 Å². The average Bonchev–Trinajstić information content (AvgIpc) is 3.40. The molecular formula is C20H30O6. The van der Waals surface area contributed by atoms with Gasteiger partial charge in [0.15, 0.2) is 17.2 Å². The third-order valence-corrected chi connectivity index (χ3v) is 5.73. The number of rotatable bonds is 1. The van der Waals surface area contributed by atoms with Gasteiger partial charge in [0.25, 0.3) is 0 Å². The molecule has 1 N–H and O–H groups in total. The SMILES string of the molecule is CCC1OC(=O)[C@H](C)C(=O)[C@H](C)[C@@H](O)C(C)C[C@]2(CO2)C(=O)/C=C/[C@H]1C. The number of epoxide rings is 1. The van der Waals surface area contributed by atoms with Gasteiger partial charge in [-0.2, -0.15) is 0 Å². The Morgan fingerprint density at radius 1 is 1.19 bits per heavy atom. The number of hydrogen-bond donors (Lipinski definition) is 1. The predicted octanol–water partition coefficient (Wildman–Crippen LogP) is 2.08. The summed E-state index contributed by atoms with van der Waals surface area (Å²) in [6.07, 6.45) is 2.77. The summed E-state index contributed by atoms with van der Waals surface area (Å²) < 4.78 is 11.0. The van der Waals surface area contributed by atoms with Crippen LogP contribution in [0.25, 0.3) is 0 Å². The van der Waals surface area contributed by atoms with E-state index in [1.165, 1.54) is 13.0 Å². The van der Waals surface area contributed by atoms with Crippen molar-refractivity contribution < 1.29 is 29.0 Å². The summed E-state index contributed by atoms with van der Waals surface area (Å²) >= 11 is 0. The molecule has 1 fully saturated rings. The molecule has 0 amide bonds. The van der Waals surface area contributed by atoms with Crippen LogP contribution in [0, 0.1) is 23.7 Å². The molecule has 0 aromatic heterocycles. The molecule has 0 saturated carbocycles. The predicted molar refractivity (Wildman–Crippen MR) is 95.3 cm³/mol. The van der Waals surface area contributed by atoms with E-state index < -0.39 is 35.6 Å². The third-order valence-electron chi connectivity index (χ3n) is 5.73. The van der Waals surface area contributed by atoms with Crippen LogP contribution < -0.4 is 0 Å². The number of ketones is 2. The van der Waals surface area contributed by atoms with Crippen molar-refractivity contribution >= 4 is 17.5 Å². The van der Waals surface area contributed by atoms with E-state index in [9.17, 15) is 19.5 Å². The number of aliphatic hydroxyl groups is 1.